The molecule has 0 radical (unpaired) electrons. The lowest BCUT2D eigenvalue weighted by Gasteiger charge is -2.26. The van der Waals surface area contributed by atoms with Gasteiger partial charge in [-0.1, -0.05) is 19.9 Å². The topological polar surface area (TPSA) is 113 Å². The van der Waals surface area contributed by atoms with Crippen molar-refractivity contribution in [1.29, 1.82) is 0 Å². The van der Waals surface area contributed by atoms with Gasteiger partial charge < -0.3 is 15.2 Å². The van der Waals surface area contributed by atoms with E-state index in [1.807, 2.05) is 0 Å². The average molecular weight is 370 g/mol. The molecule has 0 bridgehead atoms. The molecule has 2 N–H and O–H groups in total. The van der Waals surface area contributed by atoms with Crippen molar-refractivity contribution in [3.63, 3.8) is 0 Å². The van der Waals surface area contributed by atoms with Crippen LogP contribution in [0.2, 0.25) is 0 Å². The predicted molar refractivity (Wildman–Crippen MR) is 89.7 cm³/mol. The van der Waals surface area contributed by atoms with Gasteiger partial charge >= 0.3 is 5.97 Å². The molecule has 9 heteroatoms. The number of carbonyl (C=O) groups excluding carboxylic acids is 1. The highest BCUT2D eigenvalue weighted by Crippen LogP contribution is 2.18. The van der Waals surface area contributed by atoms with Crippen LogP contribution in [0.25, 0.3) is 0 Å². The van der Waals surface area contributed by atoms with Crippen LogP contribution in [-0.2, 0) is 19.6 Å². The molecule has 1 saturated heterocycles. The molecule has 1 unspecified atom stereocenters. The van der Waals surface area contributed by atoms with Crippen LogP contribution in [0.5, 0.6) is 0 Å². The van der Waals surface area contributed by atoms with Crippen molar-refractivity contribution in [1.82, 2.24) is 9.62 Å². The summed E-state index contributed by atoms with van der Waals surface area (Å²) >= 11 is 0. The molecule has 0 spiro atoms. The minimum atomic E-state index is -3.72. The van der Waals surface area contributed by atoms with Crippen molar-refractivity contribution in [2.24, 2.45) is 5.92 Å². The van der Waals surface area contributed by atoms with Gasteiger partial charge in [0, 0.05) is 18.7 Å². The Morgan fingerprint density at radius 2 is 1.88 bits per heavy atom. The van der Waals surface area contributed by atoms with Gasteiger partial charge in [-0.2, -0.15) is 4.31 Å². The van der Waals surface area contributed by atoms with Gasteiger partial charge in [0.05, 0.1) is 18.1 Å². The number of carbonyl (C=O) groups is 2. The summed E-state index contributed by atoms with van der Waals surface area (Å²) in [4.78, 5) is 23.5. The number of hydrogen-bond acceptors (Lipinski definition) is 5. The zero-order chi connectivity index (χ0) is 18.6. The molecule has 1 aromatic carbocycles. The lowest BCUT2D eigenvalue weighted by atomic mass is 10.0. The molecule has 1 heterocycles. The Hall–Kier alpha value is -1.97. The maximum Gasteiger partial charge on any atom is 0.326 e. The fourth-order valence-electron chi connectivity index (χ4n) is 2.47. The van der Waals surface area contributed by atoms with Crippen molar-refractivity contribution in [3.05, 3.63) is 29.8 Å². The second-order valence-electron chi connectivity index (χ2n) is 6.08. The molecule has 2 rings (SSSR count). The van der Waals surface area contributed by atoms with Gasteiger partial charge in [0.15, 0.2) is 0 Å². The molecular weight excluding hydrogens is 348 g/mol. The van der Waals surface area contributed by atoms with Crippen LogP contribution in [-0.4, -0.2) is 62.1 Å². The molecule has 138 valence electrons. The number of nitrogens with one attached hydrogen (secondary N) is 1. The Kier molecular flexibility index (Phi) is 6.15. The number of aliphatic carboxylic acids is 1. The highest BCUT2D eigenvalue weighted by atomic mass is 32.2. The van der Waals surface area contributed by atoms with Gasteiger partial charge in [-0.05, 0) is 24.1 Å². The van der Waals surface area contributed by atoms with E-state index in [-0.39, 0.29) is 29.5 Å². The van der Waals surface area contributed by atoms with E-state index in [1.54, 1.807) is 13.8 Å². The van der Waals surface area contributed by atoms with Gasteiger partial charge in [-0.3, -0.25) is 4.79 Å². The third-order valence-corrected chi connectivity index (χ3v) is 5.82. The van der Waals surface area contributed by atoms with Crippen molar-refractivity contribution in [3.8, 4) is 0 Å². The molecule has 8 nitrogen and oxygen atoms in total. The number of sulfonamides is 1. The van der Waals surface area contributed by atoms with Gasteiger partial charge in [0.2, 0.25) is 10.0 Å². The van der Waals surface area contributed by atoms with Crippen molar-refractivity contribution in [2.75, 3.05) is 26.3 Å². The maximum absolute atomic E-state index is 12.6. The van der Waals surface area contributed by atoms with Gasteiger partial charge in [0.25, 0.3) is 5.91 Å². The molecule has 1 fully saturated rings. The summed E-state index contributed by atoms with van der Waals surface area (Å²) in [6.45, 7) is 4.53. The Balaban J connectivity index is 2.23. The number of rotatable bonds is 6. The van der Waals surface area contributed by atoms with Crippen molar-refractivity contribution >= 4 is 21.9 Å². The fraction of sp³-hybridized carbons (Fsp3) is 0.500. The number of nitrogens with zero attached hydrogens (tertiary/aromatic N) is 1. The minimum Gasteiger partial charge on any atom is -0.480 e. The number of ether oxygens (including phenoxy) is 1. The average Bonchev–Trinajstić information content (AvgIpc) is 2.59. The molecule has 1 aromatic rings. The fourth-order valence-corrected chi connectivity index (χ4v) is 3.93. The van der Waals surface area contributed by atoms with E-state index in [4.69, 9.17) is 9.84 Å². The van der Waals surface area contributed by atoms with Crippen LogP contribution in [0.15, 0.2) is 29.2 Å². The molecule has 1 atom stereocenters. The summed E-state index contributed by atoms with van der Waals surface area (Å²) in [6, 6.07) is 4.55. The number of carboxylic acid groups (broad SMARTS) is 1. The molecular formula is C16H22N2O6S. The zero-order valence-corrected chi connectivity index (χ0v) is 15.0. The van der Waals surface area contributed by atoms with Crippen molar-refractivity contribution in [2.45, 2.75) is 24.8 Å². The normalized spacial score (nSPS) is 17.2. The standard InChI is InChI=1S/C16H22N2O6S/c1-11(2)14(16(20)21)17-15(19)12-4-3-5-13(10-12)25(22,23)18-6-8-24-9-7-18/h3-5,10-11,14H,6-9H2,1-2H3,(H,17,19)(H,20,21). The summed E-state index contributed by atoms with van der Waals surface area (Å²) in [7, 11) is -3.72. The Labute approximate surface area is 146 Å². The molecule has 1 aliphatic heterocycles. The second kappa shape index (κ2) is 7.94. The van der Waals surface area contributed by atoms with E-state index >= 15 is 0 Å². The minimum absolute atomic E-state index is 0.00141. The zero-order valence-electron chi connectivity index (χ0n) is 14.1. The number of morpholine rings is 1. The molecule has 1 aliphatic rings. The predicted octanol–water partition coefficient (Wildman–Crippen LogP) is 0.547. The van der Waals surface area contributed by atoms with E-state index in [0.29, 0.717) is 13.2 Å². The highest BCUT2D eigenvalue weighted by molar-refractivity contribution is 7.89. The lowest BCUT2D eigenvalue weighted by molar-refractivity contribution is -0.140. The summed E-state index contributed by atoms with van der Waals surface area (Å²) in [6.07, 6.45) is 0. The Morgan fingerprint density at radius 3 is 2.44 bits per heavy atom. The van der Waals surface area contributed by atoms with Crippen LogP contribution >= 0.6 is 0 Å². The van der Waals surface area contributed by atoms with Crippen molar-refractivity contribution < 1.29 is 27.9 Å². The van der Waals surface area contributed by atoms with Gasteiger partial charge in [-0.15, -0.1) is 0 Å². The summed E-state index contributed by atoms with van der Waals surface area (Å²) < 4.78 is 31.8. The molecule has 25 heavy (non-hydrogen) atoms. The molecule has 0 aliphatic carbocycles. The SMILES string of the molecule is CC(C)C(NC(=O)c1cccc(S(=O)(=O)N2CCOCC2)c1)C(=O)O. The van der Waals surface area contributed by atoms with Crippen LogP contribution in [0.3, 0.4) is 0 Å². The lowest BCUT2D eigenvalue weighted by Crippen LogP contribution is -2.44. The van der Waals surface area contributed by atoms with Crippen LogP contribution in [0.4, 0.5) is 0 Å². The van der Waals surface area contributed by atoms with E-state index < -0.39 is 27.9 Å². The van der Waals surface area contributed by atoms with Crippen LogP contribution in [0, 0.1) is 5.92 Å². The monoisotopic (exact) mass is 370 g/mol. The summed E-state index contributed by atoms with van der Waals surface area (Å²) in [5.41, 5.74) is 0.0984. The second-order valence-corrected chi connectivity index (χ2v) is 8.02. The number of hydrogen-bond donors (Lipinski definition) is 2. The first kappa shape index (κ1) is 19.4. The highest BCUT2D eigenvalue weighted by Gasteiger charge is 2.28. The van der Waals surface area contributed by atoms with E-state index in [2.05, 4.69) is 5.32 Å². The van der Waals surface area contributed by atoms with Gasteiger partial charge in [0.1, 0.15) is 6.04 Å². The van der Waals surface area contributed by atoms with E-state index in [1.165, 1.54) is 28.6 Å². The molecule has 0 aromatic heterocycles. The van der Waals surface area contributed by atoms with E-state index in [9.17, 15) is 18.0 Å². The Bertz CT molecular complexity index is 741. The maximum atomic E-state index is 12.6. The van der Waals surface area contributed by atoms with Crippen LogP contribution < -0.4 is 5.32 Å². The van der Waals surface area contributed by atoms with Crippen LogP contribution in [0.1, 0.15) is 24.2 Å². The third-order valence-electron chi connectivity index (χ3n) is 3.92. The molecule has 1 amide bonds. The smallest absolute Gasteiger partial charge is 0.326 e. The first-order chi connectivity index (χ1) is 11.7. The number of benzene rings is 1. The largest absolute Gasteiger partial charge is 0.480 e. The number of carboxylic acids is 1. The first-order valence-corrected chi connectivity index (χ1v) is 9.39. The summed E-state index contributed by atoms with van der Waals surface area (Å²) in [5.74, 6) is -2.07. The number of amides is 1. The summed E-state index contributed by atoms with van der Waals surface area (Å²) in [5, 5.41) is 11.6. The third kappa shape index (κ3) is 4.56. The van der Waals surface area contributed by atoms with Gasteiger partial charge in [-0.25, -0.2) is 13.2 Å². The quantitative estimate of drug-likeness (QED) is 0.756. The first-order valence-electron chi connectivity index (χ1n) is 7.95. The molecule has 0 saturated carbocycles. The Morgan fingerprint density at radius 1 is 1.24 bits per heavy atom. The van der Waals surface area contributed by atoms with E-state index in [0.717, 1.165) is 0 Å².